The first-order chi connectivity index (χ1) is 6.79. The maximum Gasteiger partial charge on any atom is 0.181 e. The third kappa shape index (κ3) is 2.32. The number of carbonyl (C=O) groups is 1. The highest BCUT2D eigenvalue weighted by molar-refractivity contribution is 6.17. The van der Waals surface area contributed by atoms with Gasteiger partial charge in [-0.3, -0.25) is 9.78 Å². The largest absolute Gasteiger partial charge is 0.292 e. The number of carbonyl (C=O) groups excluding carboxylic acids is 1. The van der Waals surface area contributed by atoms with Gasteiger partial charge in [0, 0.05) is 18.5 Å². The Morgan fingerprint density at radius 3 is 3.00 bits per heavy atom. The van der Waals surface area contributed by atoms with Gasteiger partial charge < -0.3 is 0 Å². The van der Waals surface area contributed by atoms with Crippen molar-refractivity contribution in [2.75, 3.05) is 0 Å². The maximum atomic E-state index is 11.7. The van der Waals surface area contributed by atoms with Crippen molar-refractivity contribution in [2.45, 2.75) is 25.1 Å². The number of halogens is 1. The molecule has 0 radical (unpaired) electrons. The third-order valence-electron chi connectivity index (χ3n) is 2.44. The number of aromatic nitrogens is 1. The lowest BCUT2D eigenvalue weighted by Crippen LogP contribution is -2.03. The van der Waals surface area contributed by atoms with E-state index in [2.05, 4.69) is 4.98 Å². The summed E-state index contributed by atoms with van der Waals surface area (Å²) in [6.45, 7) is 0. The van der Waals surface area contributed by atoms with E-state index < -0.39 is 0 Å². The van der Waals surface area contributed by atoms with Crippen molar-refractivity contribution in [3.63, 3.8) is 0 Å². The first-order valence-electron chi connectivity index (χ1n) is 4.83. The summed E-state index contributed by atoms with van der Waals surface area (Å²) in [6.07, 6.45) is 4.69. The number of rotatable bonds is 4. The number of pyridine rings is 1. The molecule has 1 aromatic heterocycles. The first kappa shape index (κ1) is 9.66. The standard InChI is InChI=1S/C11H12ClNO/c12-7-9-3-4-13-10(5-9)11(14)6-8-1-2-8/h3-5,8H,1-2,6-7H2. The molecule has 1 fully saturated rings. The van der Waals surface area contributed by atoms with E-state index in [9.17, 15) is 4.79 Å². The highest BCUT2D eigenvalue weighted by Gasteiger charge is 2.25. The fourth-order valence-corrected chi connectivity index (χ4v) is 1.56. The maximum absolute atomic E-state index is 11.7. The third-order valence-corrected chi connectivity index (χ3v) is 2.74. The SMILES string of the molecule is O=C(CC1CC1)c1cc(CCl)ccn1. The molecule has 0 aromatic carbocycles. The molecule has 0 N–H and O–H groups in total. The molecule has 2 nitrogen and oxygen atoms in total. The summed E-state index contributed by atoms with van der Waals surface area (Å²) in [4.78, 5) is 15.7. The quantitative estimate of drug-likeness (QED) is 0.564. The second kappa shape index (κ2) is 4.09. The molecular weight excluding hydrogens is 198 g/mol. The molecule has 3 heteroatoms. The fourth-order valence-electron chi connectivity index (χ4n) is 1.40. The van der Waals surface area contributed by atoms with Crippen LogP contribution in [0, 0.1) is 5.92 Å². The molecule has 0 saturated heterocycles. The summed E-state index contributed by atoms with van der Waals surface area (Å²) in [5.74, 6) is 1.20. The first-order valence-corrected chi connectivity index (χ1v) is 5.37. The number of nitrogens with zero attached hydrogens (tertiary/aromatic N) is 1. The summed E-state index contributed by atoms with van der Waals surface area (Å²) in [5, 5.41) is 0. The van der Waals surface area contributed by atoms with Crippen molar-refractivity contribution >= 4 is 17.4 Å². The molecular formula is C11H12ClNO. The van der Waals surface area contributed by atoms with Gasteiger partial charge in [-0.2, -0.15) is 0 Å². The van der Waals surface area contributed by atoms with Crippen molar-refractivity contribution < 1.29 is 4.79 Å². The molecule has 1 aromatic rings. The van der Waals surface area contributed by atoms with Crippen LogP contribution in [0.25, 0.3) is 0 Å². The van der Waals surface area contributed by atoms with Gasteiger partial charge in [0.25, 0.3) is 0 Å². The van der Waals surface area contributed by atoms with Crippen LogP contribution in [-0.2, 0) is 5.88 Å². The Labute approximate surface area is 88.3 Å². The zero-order valence-corrected chi connectivity index (χ0v) is 8.63. The van der Waals surface area contributed by atoms with E-state index in [1.54, 1.807) is 12.3 Å². The van der Waals surface area contributed by atoms with Gasteiger partial charge in [-0.25, -0.2) is 0 Å². The highest BCUT2D eigenvalue weighted by atomic mass is 35.5. The van der Waals surface area contributed by atoms with Gasteiger partial charge in [-0.1, -0.05) is 0 Å². The lowest BCUT2D eigenvalue weighted by Gasteiger charge is -2.00. The zero-order valence-electron chi connectivity index (χ0n) is 7.87. The van der Waals surface area contributed by atoms with E-state index in [1.165, 1.54) is 12.8 Å². The lowest BCUT2D eigenvalue weighted by molar-refractivity contribution is 0.0971. The van der Waals surface area contributed by atoms with Crippen LogP contribution in [0.5, 0.6) is 0 Å². The molecule has 14 heavy (non-hydrogen) atoms. The fraction of sp³-hybridized carbons (Fsp3) is 0.455. The molecule has 1 aliphatic rings. The smallest absolute Gasteiger partial charge is 0.181 e. The molecule has 0 unspecified atom stereocenters. The number of alkyl halides is 1. The molecule has 0 amide bonds. The predicted molar refractivity (Wildman–Crippen MR) is 55.5 cm³/mol. The molecule has 0 spiro atoms. The molecule has 1 aliphatic carbocycles. The van der Waals surface area contributed by atoms with E-state index in [4.69, 9.17) is 11.6 Å². The molecule has 0 aliphatic heterocycles. The Kier molecular flexibility index (Phi) is 2.82. The minimum Gasteiger partial charge on any atom is -0.292 e. The lowest BCUT2D eigenvalue weighted by atomic mass is 10.1. The summed E-state index contributed by atoms with van der Waals surface area (Å²) < 4.78 is 0. The van der Waals surface area contributed by atoms with Crippen LogP contribution in [-0.4, -0.2) is 10.8 Å². The van der Waals surface area contributed by atoms with E-state index in [-0.39, 0.29) is 5.78 Å². The van der Waals surface area contributed by atoms with Gasteiger partial charge in [-0.15, -0.1) is 11.6 Å². The van der Waals surface area contributed by atoms with Crippen LogP contribution in [0.1, 0.15) is 35.3 Å². The summed E-state index contributed by atoms with van der Waals surface area (Å²) in [6, 6.07) is 3.62. The number of hydrogen-bond acceptors (Lipinski definition) is 2. The van der Waals surface area contributed by atoms with Gasteiger partial charge in [0.2, 0.25) is 0 Å². The van der Waals surface area contributed by atoms with Crippen LogP contribution >= 0.6 is 11.6 Å². The topological polar surface area (TPSA) is 30.0 Å². The summed E-state index contributed by atoms with van der Waals surface area (Å²) >= 11 is 5.68. The molecule has 1 heterocycles. The second-order valence-corrected chi connectivity index (χ2v) is 4.02. The van der Waals surface area contributed by atoms with Crippen molar-refractivity contribution in [3.05, 3.63) is 29.6 Å². The van der Waals surface area contributed by atoms with E-state index in [0.29, 0.717) is 23.9 Å². The Bertz CT molecular complexity index is 347. The van der Waals surface area contributed by atoms with E-state index in [0.717, 1.165) is 5.56 Å². The van der Waals surface area contributed by atoms with Gasteiger partial charge >= 0.3 is 0 Å². The van der Waals surface area contributed by atoms with Crippen LogP contribution in [0.15, 0.2) is 18.3 Å². The molecule has 74 valence electrons. The van der Waals surface area contributed by atoms with Crippen molar-refractivity contribution in [1.82, 2.24) is 4.98 Å². The number of ketones is 1. The van der Waals surface area contributed by atoms with Gasteiger partial charge in [0.15, 0.2) is 5.78 Å². The molecule has 1 saturated carbocycles. The van der Waals surface area contributed by atoms with Crippen LogP contribution in [0.2, 0.25) is 0 Å². The van der Waals surface area contributed by atoms with Crippen LogP contribution < -0.4 is 0 Å². The van der Waals surface area contributed by atoms with Gasteiger partial charge in [0.1, 0.15) is 5.69 Å². The predicted octanol–water partition coefficient (Wildman–Crippen LogP) is 2.80. The summed E-state index contributed by atoms with van der Waals surface area (Å²) in [5.41, 5.74) is 1.52. The van der Waals surface area contributed by atoms with Gasteiger partial charge in [-0.05, 0) is 36.5 Å². The van der Waals surface area contributed by atoms with Crippen molar-refractivity contribution in [1.29, 1.82) is 0 Å². The molecule has 2 rings (SSSR count). The Balaban J connectivity index is 2.09. The Morgan fingerprint density at radius 2 is 2.36 bits per heavy atom. The number of Topliss-reactive ketones (excluding diaryl/α,β-unsaturated/α-hetero) is 1. The normalized spacial score (nSPS) is 15.5. The minimum absolute atomic E-state index is 0.152. The molecule has 0 atom stereocenters. The zero-order chi connectivity index (χ0) is 9.97. The minimum atomic E-state index is 0.152. The van der Waals surface area contributed by atoms with Gasteiger partial charge in [0.05, 0.1) is 0 Å². The molecule has 0 bridgehead atoms. The highest BCUT2D eigenvalue weighted by Crippen LogP contribution is 2.33. The number of hydrogen-bond donors (Lipinski definition) is 0. The Morgan fingerprint density at radius 1 is 1.57 bits per heavy atom. The van der Waals surface area contributed by atoms with Crippen molar-refractivity contribution in [2.24, 2.45) is 5.92 Å². The van der Waals surface area contributed by atoms with E-state index >= 15 is 0 Å². The van der Waals surface area contributed by atoms with E-state index in [1.807, 2.05) is 6.07 Å². The second-order valence-electron chi connectivity index (χ2n) is 3.75. The van der Waals surface area contributed by atoms with Crippen molar-refractivity contribution in [3.8, 4) is 0 Å². The Hall–Kier alpha value is -0.890. The average molecular weight is 210 g/mol. The summed E-state index contributed by atoms with van der Waals surface area (Å²) in [7, 11) is 0. The van der Waals surface area contributed by atoms with Crippen LogP contribution in [0.4, 0.5) is 0 Å². The average Bonchev–Trinajstić information content (AvgIpc) is 3.02. The van der Waals surface area contributed by atoms with Crippen LogP contribution in [0.3, 0.4) is 0 Å². The monoisotopic (exact) mass is 209 g/mol.